The van der Waals surface area contributed by atoms with Gasteiger partial charge in [0.15, 0.2) is 17.3 Å². The molecule has 0 heterocycles. The van der Waals surface area contributed by atoms with Crippen molar-refractivity contribution in [1.82, 2.24) is 0 Å². The number of rotatable bonds is 3. The summed E-state index contributed by atoms with van der Waals surface area (Å²) in [5.74, 6) is -0.809. The van der Waals surface area contributed by atoms with Crippen LogP contribution < -0.4 is 10.5 Å². The Labute approximate surface area is 118 Å². The fourth-order valence-corrected chi connectivity index (χ4v) is 2.08. The second kappa shape index (κ2) is 5.40. The van der Waals surface area contributed by atoms with Crippen LogP contribution in [-0.2, 0) is 0 Å². The van der Waals surface area contributed by atoms with Gasteiger partial charge in [0.25, 0.3) is 0 Å². The Hall–Kier alpha value is -1.88. The largest absolute Gasteiger partial charge is 0.494 e. The lowest BCUT2D eigenvalue weighted by molar-refractivity contribution is 0.103. The number of halogens is 2. The molecule has 0 amide bonds. The Morgan fingerprint density at radius 3 is 2.58 bits per heavy atom. The van der Waals surface area contributed by atoms with Crippen LogP contribution in [0.15, 0.2) is 40.9 Å². The molecule has 0 bridgehead atoms. The van der Waals surface area contributed by atoms with E-state index in [4.69, 9.17) is 10.5 Å². The second-order valence-corrected chi connectivity index (χ2v) is 4.83. The minimum Gasteiger partial charge on any atom is -0.494 e. The van der Waals surface area contributed by atoms with Gasteiger partial charge in [-0.1, -0.05) is 15.9 Å². The van der Waals surface area contributed by atoms with Crippen LogP contribution in [0.5, 0.6) is 5.75 Å². The smallest absolute Gasteiger partial charge is 0.195 e. The predicted octanol–water partition coefficient (Wildman–Crippen LogP) is 3.41. The lowest BCUT2D eigenvalue weighted by atomic mass is 10.0. The van der Waals surface area contributed by atoms with E-state index in [9.17, 15) is 9.18 Å². The Kier molecular flexibility index (Phi) is 3.85. The van der Waals surface area contributed by atoms with Gasteiger partial charge < -0.3 is 10.5 Å². The van der Waals surface area contributed by atoms with Gasteiger partial charge in [0.05, 0.1) is 7.11 Å². The molecule has 0 fully saturated rings. The van der Waals surface area contributed by atoms with Crippen molar-refractivity contribution in [2.75, 3.05) is 12.8 Å². The summed E-state index contributed by atoms with van der Waals surface area (Å²) in [5, 5.41) is 0. The van der Waals surface area contributed by atoms with E-state index in [1.165, 1.54) is 19.2 Å². The summed E-state index contributed by atoms with van der Waals surface area (Å²) >= 11 is 3.26. The van der Waals surface area contributed by atoms with E-state index < -0.39 is 5.82 Å². The Morgan fingerprint density at radius 2 is 2.00 bits per heavy atom. The molecule has 98 valence electrons. The number of benzene rings is 2. The maximum Gasteiger partial charge on any atom is 0.195 e. The third-order valence-electron chi connectivity index (χ3n) is 2.67. The van der Waals surface area contributed by atoms with Crippen LogP contribution in [0.3, 0.4) is 0 Å². The Bertz CT molecular complexity index is 643. The summed E-state index contributed by atoms with van der Waals surface area (Å²) in [4.78, 5) is 12.2. The molecule has 0 spiro atoms. The van der Waals surface area contributed by atoms with Gasteiger partial charge in [-0.15, -0.1) is 0 Å². The molecule has 0 atom stereocenters. The first-order valence-corrected chi connectivity index (χ1v) is 6.25. The molecule has 0 saturated carbocycles. The second-order valence-electron chi connectivity index (χ2n) is 3.91. The molecule has 0 aliphatic heterocycles. The molecule has 0 aromatic heterocycles. The fourth-order valence-electron chi connectivity index (χ4n) is 1.70. The van der Waals surface area contributed by atoms with Crippen LogP contribution in [-0.4, -0.2) is 12.9 Å². The first-order chi connectivity index (χ1) is 9.02. The van der Waals surface area contributed by atoms with E-state index >= 15 is 0 Å². The molecule has 0 aliphatic carbocycles. The van der Waals surface area contributed by atoms with Crippen molar-refractivity contribution in [2.45, 2.75) is 0 Å². The van der Waals surface area contributed by atoms with E-state index in [0.717, 1.165) is 10.5 Å². The average molecular weight is 324 g/mol. The first-order valence-electron chi connectivity index (χ1n) is 5.46. The molecule has 0 saturated heterocycles. The number of carbonyl (C=O) groups excluding carboxylic acids is 1. The number of nitrogen functional groups attached to an aromatic ring is 1. The van der Waals surface area contributed by atoms with Gasteiger partial charge in [-0.3, -0.25) is 4.79 Å². The highest BCUT2D eigenvalue weighted by Crippen LogP contribution is 2.24. The van der Waals surface area contributed by atoms with Crippen molar-refractivity contribution in [3.05, 3.63) is 57.8 Å². The maximum atomic E-state index is 13.6. The van der Waals surface area contributed by atoms with Gasteiger partial charge in [0.1, 0.15) is 0 Å². The zero-order chi connectivity index (χ0) is 14.0. The quantitative estimate of drug-likeness (QED) is 0.695. The summed E-state index contributed by atoms with van der Waals surface area (Å²) in [6, 6.07) is 9.01. The minimum atomic E-state index is -0.580. The van der Waals surface area contributed by atoms with Crippen LogP contribution in [0.1, 0.15) is 15.9 Å². The van der Waals surface area contributed by atoms with Gasteiger partial charge >= 0.3 is 0 Å². The number of ether oxygens (including phenoxy) is 1. The first kappa shape index (κ1) is 13.5. The molecule has 3 nitrogen and oxygen atoms in total. The molecular formula is C14H11BrFNO2. The van der Waals surface area contributed by atoms with Crippen LogP contribution in [0, 0.1) is 5.82 Å². The zero-order valence-corrected chi connectivity index (χ0v) is 11.7. The van der Waals surface area contributed by atoms with E-state index in [-0.39, 0.29) is 17.1 Å². The minimum absolute atomic E-state index is 0.0975. The van der Waals surface area contributed by atoms with Crippen LogP contribution in [0.25, 0.3) is 0 Å². The zero-order valence-electron chi connectivity index (χ0n) is 10.1. The highest BCUT2D eigenvalue weighted by molar-refractivity contribution is 9.10. The van der Waals surface area contributed by atoms with E-state index in [1.807, 2.05) is 0 Å². The normalized spacial score (nSPS) is 10.3. The summed E-state index contributed by atoms with van der Waals surface area (Å²) in [6.07, 6.45) is 0. The number of carbonyl (C=O) groups is 1. The van der Waals surface area contributed by atoms with Crippen molar-refractivity contribution in [3.63, 3.8) is 0 Å². The van der Waals surface area contributed by atoms with Crippen molar-refractivity contribution >= 4 is 27.4 Å². The van der Waals surface area contributed by atoms with Crippen molar-refractivity contribution in [2.24, 2.45) is 0 Å². The lowest BCUT2D eigenvalue weighted by Gasteiger charge is -2.07. The average Bonchev–Trinajstić information content (AvgIpc) is 2.38. The number of nitrogens with two attached hydrogens (primary N) is 1. The molecule has 0 unspecified atom stereocenters. The third-order valence-corrected chi connectivity index (χ3v) is 3.17. The highest BCUT2D eigenvalue weighted by atomic mass is 79.9. The summed E-state index contributed by atoms with van der Waals surface area (Å²) in [7, 11) is 1.37. The molecule has 0 radical (unpaired) electrons. The monoisotopic (exact) mass is 323 g/mol. The predicted molar refractivity (Wildman–Crippen MR) is 74.9 cm³/mol. The topological polar surface area (TPSA) is 52.3 Å². The molecule has 2 aromatic rings. The van der Waals surface area contributed by atoms with Gasteiger partial charge in [-0.2, -0.15) is 0 Å². The summed E-state index contributed by atoms with van der Waals surface area (Å²) in [5.41, 5.74) is 6.70. The van der Waals surface area contributed by atoms with E-state index in [2.05, 4.69) is 15.9 Å². The summed E-state index contributed by atoms with van der Waals surface area (Å²) in [6.45, 7) is 0. The molecular weight excluding hydrogens is 313 g/mol. The van der Waals surface area contributed by atoms with Crippen LogP contribution >= 0.6 is 15.9 Å². The maximum absolute atomic E-state index is 13.6. The highest BCUT2D eigenvalue weighted by Gasteiger charge is 2.14. The molecule has 19 heavy (non-hydrogen) atoms. The molecule has 2 N–H and O–H groups in total. The van der Waals surface area contributed by atoms with Crippen molar-refractivity contribution in [3.8, 4) is 5.75 Å². The van der Waals surface area contributed by atoms with Gasteiger partial charge in [-0.05, 0) is 36.4 Å². The number of ketones is 1. The van der Waals surface area contributed by atoms with E-state index in [1.54, 1.807) is 18.2 Å². The Morgan fingerprint density at radius 1 is 1.26 bits per heavy atom. The van der Waals surface area contributed by atoms with E-state index in [0.29, 0.717) is 11.3 Å². The molecule has 2 rings (SSSR count). The molecule has 0 aliphatic rings. The van der Waals surface area contributed by atoms with Crippen molar-refractivity contribution < 1.29 is 13.9 Å². The fraction of sp³-hybridized carbons (Fsp3) is 0.0714. The number of hydrogen-bond donors (Lipinski definition) is 1. The lowest BCUT2D eigenvalue weighted by Crippen LogP contribution is -2.06. The number of hydrogen-bond acceptors (Lipinski definition) is 3. The van der Waals surface area contributed by atoms with Crippen molar-refractivity contribution in [1.29, 1.82) is 0 Å². The standard InChI is InChI=1S/C14H11BrFNO2/c1-19-13-5-2-8(6-11(13)16)14(18)10-4-3-9(15)7-12(10)17/h2-7H,17H2,1H3. The third kappa shape index (κ3) is 2.76. The van der Waals surface area contributed by atoms with Gasteiger partial charge in [0, 0.05) is 21.3 Å². The molecule has 5 heteroatoms. The van der Waals surface area contributed by atoms with Crippen LogP contribution in [0.2, 0.25) is 0 Å². The molecule has 2 aromatic carbocycles. The van der Waals surface area contributed by atoms with Crippen LogP contribution in [0.4, 0.5) is 10.1 Å². The number of anilines is 1. The SMILES string of the molecule is COc1ccc(C(=O)c2ccc(Br)cc2N)cc1F. The summed E-state index contributed by atoms with van der Waals surface area (Å²) < 4.78 is 19.2. The Balaban J connectivity index is 2.41. The van der Waals surface area contributed by atoms with Gasteiger partial charge in [0.2, 0.25) is 0 Å². The number of methoxy groups -OCH3 is 1. The van der Waals surface area contributed by atoms with Gasteiger partial charge in [-0.25, -0.2) is 4.39 Å².